The highest BCUT2D eigenvalue weighted by Crippen LogP contribution is 2.26. The third-order valence-electron chi connectivity index (χ3n) is 3.47. The molecular weight excluding hydrogens is 308 g/mol. The van der Waals surface area contributed by atoms with E-state index in [4.69, 9.17) is 16.3 Å². The van der Waals surface area contributed by atoms with Gasteiger partial charge in [0.05, 0.1) is 9.95 Å². The van der Waals surface area contributed by atoms with Crippen LogP contribution in [0.4, 0.5) is 4.79 Å². The fourth-order valence-corrected chi connectivity index (χ4v) is 2.62. The first-order chi connectivity index (χ1) is 10.5. The highest BCUT2D eigenvalue weighted by molar-refractivity contribution is 6.32. The predicted octanol–water partition coefficient (Wildman–Crippen LogP) is 4.01. The van der Waals surface area contributed by atoms with E-state index in [0.717, 1.165) is 31.9 Å². The Labute approximate surface area is 133 Å². The number of amides is 1. The molecule has 0 aliphatic heterocycles. The van der Waals surface area contributed by atoms with Crippen LogP contribution in [0.15, 0.2) is 24.4 Å². The lowest BCUT2D eigenvalue weighted by Gasteiger charge is -2.22. The summed E-state index contributed by atoms with van der Waals surface area (Å²) in [6.07, 6.45) is 6.98. The number of ether oxygens (including phenoxy) is 1. The topological polar surface area (TPSA) is 81.5 Å². The van der Waals surface area contributed by atoms with E-state index in [1.54, 1.807) is 6.07 Å². The first-order valence-electron chi connectivity index (χ1n) is 7.14. The van der Waals surface area contributed by atoms with Crippen molar-refractivity contribution >= 4 is 23.8 Å². The Morgan fingerprint density at radius 3 is 2.73 bits per heavy atom. The number of nitrogens with one attached hydrogen (secondary N) is 1. The molecule has 118 valence electrons. The second-order valence-corrected chi connectivity index (χ2v) is 5.57. The lowest BCUT2D eigenvalue weighted by Crippen LogP contribution is -2.38. The van der Waals surface area contributed by atoms with Crippen molar-refractivity contribution in [3.05, 3.63) is 45.1 Å². The summed E-state index contributed by atoms with van der Waals surface area (Å²) in [5, 5.41) is 13.3. The average Bonchev–Trinajstić information content (AvgIpc) is 2.48. The van der Waals surface area contributed by atoms with Gasteiger partial charge in [-0.3, -0.25) is 10.1 Å². The molecule has 0 atom stereocenters. The summed E-state index contributed by atoms with van der Waals surface area (Å²) in [4.78, 5) is 21.5. The molecule has 0 radical (unpaired) electrons. The van der Waals surface area contributed by atoms with E-state index in [9.17, 15) is 14.9 Å². The van der Waals surface area contributed by atoms with Crippen LogP contribution in [0.3, 0.4) is 0 Å². The Kier molecular flexibility index (Phi) is 5.77. The van der Waals surface area contributed by atoms with E-state index in [-0.39, 0.29) is 16.8 Å². The maximum Gasteiger partial charge on any atom is 0.412 e. The summed E-state index contributed by atoms with van der Waals surface area (Å²) in [6.45, 7) is 0. The number of rotatable bonds is 4. The molecule has 1 aromatic rings. The number of benzene rings is 1. The summed E-state index contributed by atoms with van der Waals surface area (Å²) in [5.41, 5.74) is 0.557. The molecule has 0 bridgehead atoms. The first-order valence-corrected chi connectivity index (χ1v) is 7.52. The molecule has 1 fully saturated rings. The molecule has 1 N–H and O–H groups in total. The summed E-state index contributed by atoms with van der Waals surface area (Å²) >= 11 is 6.02. The maximum absolute atomic E-state index is 11.8. The van der Waals surface area contributed by atoms with Gasteiger partial charge in [-0.2, -0.15) is 0 Å². The minimum absolute atomic E-state index is 0.155. The monoisotopic (exact) mass is 324 g/mol. The van der Waals surface area contributed by atoms with Gasteiger partial charge in [0.15, 0.2) is 5.75 Å². The zero-order valence-corrected chi connectivity index (χ0v) is 12.7. The summed E-state index contributed by atoms with van der Waals surface area (Å²) in [5.74, 6) is 0.230. The van der Waals surface area contributed by atoms with Crippen LogP contribution in [0.2, 0.25) is 5.02 Å². The quantitative estimate of drug-likeness (QED) is 0.670. The van der Waals surface area contributed by atoms with E-state index < -0.39 is 11.0 Å². The van der Waals surface area contributed by atoms with Crippen LogP contribution in [0, 0.1) is 10.1 Å². The standard InChI is InChI=1S/C15H17ClN2O4/c16-13-10-11(8-9-18(20)21)6-7-14(13)22-15(19)17-12-4-2-1-3-5-12/h6-10,12H,1-5H2,(H,17,19). The fourth-order valence-electron chi connectivity index (χ4n) is 2.39. The lowest BCUT2D eigenvalue weighted by atomic mass is 9.96. The van der Waals surface area contributed by atoms with Gasteiger partial charge in [-0.25, -0.2) is 4.79 Å². The molecule has 0 aromatic heterocycles. The summed E-state index contributed by atoms with van der Waals surface area (Å²) in [6, 6.07) is 4.77. The second-order valence-electron chi connectivity index (χ2n) is 5.16. The van der Waals surface area contributed by atoms with Crippen molar-refractivity contribution < 1.29 is 14.5 Å². The fraction of sp³-hybridized carbons (Fsp3) is 0.400. The van der Waals surface area contributed by atoms with Gasteiger partial charge in [0.1, 0.15) is 0 Å². The molecule has 1 aromatic carbocycles. The number of nitrogens with zero attached hydrogens (tertiary/aromatic N) is 1. The van der Waals surface area contributed by atoms with Gasteiger partial charge in [0.25, 0.3) is 0 Å². The van der Waals surface area contributed by atoms with Crippen molar-refractivity contribution in [1.82, 2.24) is 5.32 Å². The number of carbonyl (C=O) groups excluding carboxylic acids is 1. The SMILES string of the molecule is O=C(NC1CCCCC1)Oc1ccc(C=C[N+](=O)[O-])cc1Cl. The van der Waals surface area contributed by atoms with Crippen molar-refractivity contribution in [2.24, 2.45) is 0 Å². The molecule has 0 unspecified atom stereocenters. The van der Waals surface area contributed by atoms with E-state index >= 15 is 0 Å². The smallest absolute Gasteiger partial charge is 0.409 e. The van der Waals surface area contributed by atoms with Crippen molar-refractivity contribution in [3.8, 4) is 5.75 Å². The number of hydrogen-bond donors (Lipinski definition) is 1. The van der Waals surface area contributed by atoms with Crippen molar-refractivity contribution in [2.45, 2.75) is 38.1 Å². The number of hydrogen-bond acceptors (Lipinski definition) is 4. The highest BCUT2D eigenvalue weighted by Gasteiger charge is 2.17. The molecule has 1 saturated carbocycles. The van der Waals surface area contributed by atoms with Crippen LogP contribution in [-0.4, -0.2) is 17.1 Å². The molecule has 6 nitrogen and oxygen atoms in total. The van der Waals surface area contributed by atoms with Crippen LogP contribution in [0.5, 0.6) is 5.75 Å². The molecule has 1 amide bonds. The number of nitro groups is 1. The molecule has 1 aliphatic rings. The highest BCUT2D eigenvalue weighted by atomic mass is 35.5. The predicted molar refractivity (Wildman–Crippen MR) is 83.5 cm³/mol. The zero-order valence-electron chi connectivity index (χ0n) is 12.0. The van der Waals surface area contributed by atoms with Crippen molar-refractivity contribution in [1.29, 1.82) is 0 Å². The van der Waals surface area contributed by atoms with Gasteiger partial charge in [-0.15, -0.1) is 0 Å². The molecule has 2 rings (SSSR count). The Morgan fingerprint density at radius 1 is 1.36 bits per heavy atom. The van der Waals surface area contributed by atoms with Crippen molar-refractivity contribution in [2.75, 3.05) is 0 Å². The average molecular weight is 325 g/mol. The third kappa shape index (κ3) is 5.04. The van der Waals surface area contributed by atoms with Gasteiger partial charge in [0, 0.05) is 12.1 Å². The Balaban J connectivity index is 1.94. The van der Waals surface area contributed by atoms with Crippen LogP contribution in [0.1, 0.15) is 37.7 Å². The Hall–Kier alpha value is -2.08. The van der Waals surface area contributed by atoms with E-state index in [2.05, 4.69) is 5.32 Å². The normalized spacial score (nSPS) is 15.7. The van der Waals surface area contributed by atoms with E-state index in [1.807, 2.05) is 0 Å². The molecular formula is C15H17ClN2O4. The molecule has 0 heterocycles. The number of carbonyl (C=O) groups is 1. The number of halogens is 1. The second kappa shape index (κ2) is 7.79. The molecule has 7 heteroatoms. The van der Waals surface area contributed by atoms with Crippen LogP contribution >= 0.6 is 11.6 Å². The molecule has 0 saturated heterocycles. The van der Waals surface area contributed by atoms with Gasteiger partial charge < -0.3 is 10.1 Å². The van der Waals surface area contributed by atoms with E-state index in [0.29, 0.717) is 5.56 Å². The minimum atomic E-state index is -0.560. The first kappa shape index (κ1) is 16.3. The van der Waals surface area contributed by atoms with Crippen LogP contribution < -0.4 is 10.1 Å². The largest absolute Gasteiger partial charge is 0.412 e. The third-order valence-corrected chi connectivity index (χ3v) is 3.77. The minimum Gasteiger partial charge on any atom is -0.409 e. The maximum atomic E-state index is 11.8. The Morgan fingerprint density at radius 2 is 2.09 bits per heavy atom. The van der Waals surface area contributed by atoms with Gasteiger partial charge in [-0.1, -0.05) is 36.9 Å². The molecule has 22 heavy (non-hydrogen) atoms. The van der Waals surface area contributed by atoms with E-state index in [1.165, 1.54) is 24.6 Å². The van der Waals surface area contributed by atoms with Gasteiger partial charge in [0.2, 0.25) is 6.20 Å². The molecule has 1 aliphatic carbocycles. The zero-order chi connectivity index (χ0) is 15.9. The van der Waals surface area contributed by atoms with Gasteiger partial charge in [-0.05, 0) is 30.5 Å². The molecule has 0 spiro atoms. The Bertz CT molecular complexity index is 583. The van der Waals surface area contributed by atoms with Crippen LogP contribution in [-0.2, 0) is 0 Å². The van der Waals surface area contributed by atoms with Gasteiger partial charge >= 0.3 is 6.09 Å². The van der Waals surface area contributed by atoms with Crippen molar-refractivity contribution in [3.63, 3.8) is 0 Å². The summed E-state index contributed by atoms with van der Waals surface area (Å²) in [7, 11) is 0. The summed E-state index contributed by atoms with van der Waals surface area (Å²) < 4.78 is 5.19. The van der Waals surface area contributed by atoms with Crippen LogP contribution in [0.25, 0.3) is 6.08 Å². The lowest BCUT2D eigenvalue weighted by molar-refractivity contribution is -0.400.